The molecule has 0 spiro atoms. The smallest absolute Gasteiger partial charge is 0.155 e. The molecule has 262 valence electrons. The van der Waals surface area contributed by atoms with Gasteiger partial charge in [0.15, 0.2) is 5.82 Å². The second kappa shape index (κ2) is 13.3. The number of phenolic OH excluding ortho intramolecular Hbond substituents is 1. The molecule has 6 nitrogen and oxygen atoms in total. The van der Waals surface area contributed by atoms with Crippen molar-refractivity contribution in [3.8, 4) is 28.4 Å². The molecule has 0 aliphatic rings. The Bertz CT molecular complexity index is 2580. The van der Waals surface area contributed by atoms with Crippen LogP contribution in [0.15, 0.2) is 126 Å². The maximum Gasteiger partial charge on any atom is 0.155 e. The molecule has 0 fully saturated rings. The van der Waals surface area contributed by atoms with Gasteiger partial charge in [-0.15, -0.1) is 29.8 Å². The first-order chi connectivity index (χ1) is 24.5. The summed E-state index contributed by atoms with van der Waals surface area (Å²) in [5, 5.41) is 15.0. The number of pyridine rings is 1. The van der Waals surface area contributed by atoms with Crippen molar-refractivity contribution in [2.75, 3.05) is 4.90 Å². The summed E-state index contributed by atoms with van der Waals surface area (Å²) < 4.78 is 6.51. The number of furan rings is 1. The number of anilines is 3. The minimum atomic E-state index is -0.311. The molecule has 8 aromatic rings. The molecule has 3 heterocycles. The predicted molar refractivity (Wildman–Crippen MR) is 208 cm³/mol. The number of nitrogens with zero attached hydrogens (tertiary/aromatic N) is 4. The maximum absolute atomic E-state index is 11.9. The number of aromatic nitrogens is 3. The van der Waals surface area contributed by atoms with E-state index in [2.05, 4.69) is 101 Å². The first-order valence-electron chi connectivity index (χ1n) is 17.3. The Morgan fingerprint density at radius 3 is 2.17 bits per heavy atom. The molecule has 0 saturated carbocycles. The van der Waals surface area contributed by atoms with Gasteiger partial charge >= 0.3 is 0 Å². The number of hydrogen-bond donors (Lipinski definition) is 1. The van der Waals surface area contributed by atoms with E-state index in [1.165, 1.54) is 0 Å². The van der Waals surface area contributed by atoms with Crippen molar-refractivity contribution in [3.05, 3.63) is 139 Å². The van der Waals surface area contributed by atoms with E-state index < -0.39 is 0 Å². The van der Waals surface area contributed by atoms with E-state index >= 15 is 0 Å². The van der Waals surface area contributed by atoms with Gasteiger partial charge in [0.1, 0.15) is 28.3 Å². The van der Waals surface area contributed by atoms with E-state index in [1.54, 1.807) is 6.20 Å². The van der Waals surface area contributed by atoms with Crippen molar-refractivity contribution in [1.82, 2.24) is 15.0 Å². The summed E-state index contributed by atoms with van der Waals surface area (Å²) in [4.78, 5) is 17.2. The molecule has 0 atom stereocenters. The minimum absolute atomic E-state index is 0. The fourth-order valence-electron chi connectivity index (χ4n) is 6.69. The van der Waals surface area contributed by atoms with E-state index in [9.17, 15) is 5.11 Å². The van der Waals surface area contributed by atoms with Crippen LogP contribution in [0, 0.1) is 6.07 Å². The van der Waals surface area contributed by atoms with Gasteiger partial charge in [0.25, 0.3) is 0 Å². The van der Waals surface area contributed by atoms with Crippen molar-refractivity contribution in [2.24, 2.45) is 0 Å². The Balaban J connectivity index is 0.00000420. The number of fused-ring (bicyclic) bond motifs is 4. The molecule has 0 unspecified atom stereocenters. The Labute approximate surface area is 318 Å². The van der Waals surface area contributed by atoms with Crippen LogP contribution in [-0.4, -0.2) is 20.1 Å². The zero-order valence-corrected chi connectivity index (χ0v) is 32.3. The van der Waals surface area contributed by atoms with Crippen molar-refractivity contribution < 1.29 is 30.6 Å². The molecule has 1 N–H and O–H groups in total. The average Bonchev–Trinajstić information content (AvgIpc) is 3.50. The predicted octanol–water partition coefficient (Wildman–Crippen LogP) is 11.8. The van der Waals surface area contributed by atoms with Crippen LogP contribution in [0.3, 0.4) is 0 Å². The molecule has 5 aromatic carbocycles. The summed E-state index contributed by atoms with van der Waals surface area (Å²) in [5.74, 6) is 1.37. The van der Waals surface area contributed by atoms with Gasteiger partial charge in [-0.3, -0.25) is 4.98 Å². The molecular weight excluding hydrogens is 824 g/mol. The monoisotopic (exact) mass is 862 g/mol. The molecule has 0 aliphatic heterocycles. The third-order valence-corrected chi connectivity index (χ3v) is 9.41. The van der Waals surface area contributed by atoms with E-state index in [4.69, 9.17) is 19.4 Å². The maximum atomic E-state index is 11.9. The van der Waals surface area contributed by atoms with Crippen LogP contribution in [0.4, 0.5) is 17.2 Å². The van der Waals surface area contributed by atoms with E-state index in [0.717, 1.165) is 50.0 Å². The van der Waals surface area contributed by atoms with Gasteiger partial charge in [0.2, 0.25) is 0 Å². The second-order valence-electron chi connectivity index (χ2n) is 15.1. The van der Waals surface area contributed by atoms with E-state index in [0.29, 0.717) is 33.8 Å². The van der Waals surface area contributed by atoms with Crippen molar-refractivity contribution in [2.45, 2.75) is 52.4 Å². The molecule has 0 aliphatic carbocycles. The van der Waals surface area contributed by atoms with Crippen LogP contribution >= 0.6 is 0 Å². The zero-order chi connectivity index (χ0) is 35.5. The molecular formula is C45H39N4O2Pt-. The van der Waals surface area contributed by atoms with Gasteiger partial charge in [-0.05, 0) is 63.9 Å². The molecule has 0 amide bonds. The summed E-state index contributed by atoms with van der Waals surface area (Å²) in [6.45, 7) is 12.9. The van der Waals surface area contributed by atoms with Crippen LogP contribution < -0.4 is 4.90 Å². The number of benzene rings is 5. The quantitative estimate of drug-likeness (QED) is 0.174. The van der Waals surface area contributed by atoms with E-state index in [1.807, 2.05) is 66.7 Å². The van der Waals surface area contributed by atoms with Crippen LogP contribution in [-0.2, 0) is 31.9 Å². The first kappa shape index (κ1) is 35.1. The molecule has 52 heavy (non-hydrogen) atoms. The summed E-state index contributed by atoms with van der Waals surface area (Å²) in [5.41, 5.74) is 7.09. The SMILES string of the molecule is CC(C)(C)c1cc(-c2nc(-c3[c-]c(N(c4ccccn4)c4cccc5ccccc45)ccc3)c3oc4ccccc4c3n2)c(O)c(C(C)(C)C)c1.[Pt]. The minimum Gasteiger partial charge on any atom is -0.507 e. The van der Waals surface area contributed by atoms with Crippen LogP contribution in [0.5, 0.6) is 5.75 Å². The molecule has 7 heteroatoms. The van der Waals surface area contributed by atoms with Crippen LogP contribution in [0.2, 0.25) is 0 Å². The van der Waals surface area contributed by atoms with E-state index in [-0.39, 0.29) is 37.6 Å². The largest absolute Gasteiger partial charge is 0.507 e. The molecule has 8 rings (SSSR count). The molecule has 0 saturated heterocycles. The van der Waals surface area contributed by atoms with Gasteiger partial charge in [-0.2, -0.15) is 0 Å². The topological polar surface area (TPSA) is 75.3 Å². The Morgan fingerprint density at radius 2 is 1.42 bits per heavy atom. The number of rotatable bonds is 5. The molecule has 3 aromatic heterocycles. The van der Waals surface area contributed by atoms with Gasteiger partial charge in [-0.25, -0.2) is 9.97 Å². The Hall–Kier alpha value is -5.32. The summed E-state index contributed by atoms with van der Waals surface area (Å²) in [6, 6.07) is 42.3. The molecule has 0 bridgehead atoms. The number of para-hydroxylation sites is 1. The number of aromatic hydroxyl groups is 1. The van der Waals surface area contributed by atoms with Gasteiger partial charge < -0.3 is 14.4 Å². The Morgan fingerprint density at radius 1 is 0.712 bits per heavy atom. The fraction of sp³-hybridized carbons (Fsp3) is 0.178. The number of hydrogen-bond acceptors (Lipinski definition) is 6. The first-order valence-corrected chi connectivity index (χ1v) is 17.3. The van der Waals surface area contributed by atoms with Crippen molar-refractivity contribution >= 4 is 50.0 Å². The number of phenols is 1. The average molecular weight is 863 g/mol. The fourth-order valence-corrected chi connectivity index (χ4v) is 6.69. The van der Waals surface area contributed by atoms with Crippen LogP contribution in [0.25, 0.3) is 55.5 Å². The standard InChI is InChI=1S/C45H39N4O2.Pt/c1-44(2,3)30-26-34(41(50)35(27-30)45(4,5)6)43-47-39(42-40(48-43)33-20-9-10-22-37(33)51-42)29-17-13-18-31(25-29)49(38-23-11-12-24-46-38)36-21-14-16-28-15-7-8-19-32(28)36;/h7-24,26-27,50H,1-6H3;/q-1;. The summed E-state index contributed by atoms with van der Waals surface area (Å²) >= 11 is 0. The summed E-state index contributed by atoms with van der Waals surface area (Å²) in [6.07, 6.45) is 1.80. The summed E-state index contributed by atoms with van der Waals surface area (Å²) in [7, 11) is 0. The zero-order valence-electron chi connectivity index (χ0n) is 30.0. The second-order valence-corrected chi connectivity index (χ2v) is 15.1. The van der Waals surface area contributed by atoms with Crippen molar-refractivity contribution in [3.63, 3.8) is 0 Å². The molecule has 0 radical (unpaired) electrons. The van der Waals surface area contributed by atoms with Crippen molar-refractivity contribution in [1.29, 1.82) is 0 Å². The third kappa shape index (κ3) is 6.26. The van der Waals surface area contributed by atoms with Crippen LogP contribution in [0.1, 0.15) is 52.7 Å². The van der Waals surface area contributed by atoms with Gasteiger partial charge in [0, 0.05) is 49.3 Å². The normalized spacial score (nSPS) is 12.0. The Kier molecular flexibility index (Phi) is 9.00. The van der Waals surface area contributed by atoms with Gasteiger partial charge in [0.05, 0.1) is 11.3 Å². The van der Waals surface area contributed by atoms with Gasteiger partial charge in [-0.1, -0.05) is 102 Å². The third-order valence-electron chi connectivity index (χ3n) is 9.41.